The Labute approximate surface area is 146 Å². The van der Waals surface area contributed by atoms with Crippen LogP contribution in [0.2, 0.25) is 0 Å². The van der Waals surface area contributed by atoms with Gasteiger partial charge in [0.2, 0.25) is 11.7 Å². The zero-order valence-corrected chi connectivity index (χ0v) is 14.5. The highest BCUT2D eigenvalue weighted by Crippen LogP contribution is 2.21. The Morgan fingerprint density at radius 1 is 1.48 bits per heavy atom. The number of hydrogen-bond donors (Lipinski definition) is 0. The second kappa shape index (κ2) is 7.74. The molecule has 25 heavy (non-hydrogen) atoms. The lowest BCUT2D eigenvalue weighted by atomic mass is 10.1. The molecule has 0 spiro atoms. The van der Waals surface area contributed by atoms with Crippen molar-refractivity contribution in [1.82, 2.24) is 15.0 Å². The van der Waals surface area contributed by atoms with E-state index in [1.165, 1.54) is 13.2 Å². The first-order chi connectivity index (χ1) is 12.1. The molecule has 1 aliphatic rings. The normalized spacial score (nSPS) is 17.8. The summed E-state index contributed by atoms with van der Waals surface area (Å²) in [7, 11) is 1.42. The van der Waals surface area contributed by atoms with Gasteiger partial charge in [-0.1, -0.05) is 17.3 Å². The Balaban J connectivity index is 1.55. The predicted octanol–water partition coefficient (Wildman–Crippen LogP) is 2.75. The van der Waals surface area contributed by atoms with Gasteiger partial charge in [0.05, 0.1) is 7.11 Å². The molecule has 1 fully saturated rings. The number of aromatic nitrogens is 2. The highest BCUT2D eigenvalue weighted by atomic mass is 19.1. The lowest BCUT2D eigenvalue weighted by molar-refractivity contribution is -0.145. The number of ether oxygens (including phenoxy) is 1. The van der Waals surface area contributed by atoms with E-state index in [-0.39, 0.29) is 17.8 Å². The third-order valence-electron chi connectivity index (χ3n) is 4.57. The van der Waals surface area contributed by atoms with Crippen LogP contribution in [-0.2, 0) is 16.0 Å². The molecular weight excluding hydrogens is 325 g/mol. The van der Waals surface area contributed by atoms with Crippen LogP contribution in [0.25, 0.3) is 11.4 Å². The largest absolute Gasteiger partial charge is 0.468 e. The summed E-state index contributed by atoms with van der Waals surface area (Å²) < 4.78 is 23.8. The van der Waals surface area contributed by atoms with Gasteiger partial charge in [-0.3, -0.25) is 9.69 Å². The molecule has 0 amide bonds. The summed E-state index contributed by atoms with van der Waals surface area (Å²) in [5.74, 6) is 0.456. The average molecular weight is 347 g/mol. The van der Waals surface area contributed by atoms with Crippen LogP contribution >= 0.6 is 0 Å². The van der Waals surface area contributed by atoms with Crippen LogP contribution in [0.5, 0.6) is 0 Å². The Kier molecular flexibility index (Phi) is 5.43. The van der Waals surface area contributed by atoms with Crippen molar-refractivity contribution in [2.75, 3.05) is 20.2 Å². The summed E-state index contributed by atoms with van der Waals surface area (Å²) >= 11 is 0. The molecule has 0 bridgehead atoms. The van der Waals surface area contributed by atoms with Crippen LogP contribution in [0.1, 0.15) is 30.7 Å². The number of carbonyl (C=O) groups is 1. The van der Waals surface area contributed by atoms with E-state index < -0.39 is 0 Å². The van der Waals surface area contributed by atoms with Gasteiger partial charge in [-0.25, -0.2) is 4.39 Å². The van der Waals surface area contributed by atoms with Crippen LogP contribution < -0.4 is 0 Å². The van der Waals surface area contributed by atoms with Crippen molar-refractivity contribution in [3.05, 3.63) is 35.5 Å². The van der Waals surface area contributed by atoms with Crippen molar-refractivity contribution in [2.45, 2.75) is 38.6 Å². The first kappa shape index (κ1) is 17.5. The van der Waals surface area contributed by atoms with Gasteiger partial charge >= 0.3 is 5.97 Å². The van der Waals surface area contributed by atoms with Crippen molar-refractivity contribution >= 4 is 5.97 Å². The lowest BCUT2D eigenvalue weighted by Crippen LogP contribution is -2.37. The second-order valence-corrected chi connectivity index (χ2v) is 6.30. The fraction of sp³-hybridized carbons (Fsp3) is 0.500. The Morgan fingerprint density at radius 3 is 3.08 bits per heavy atom. The highest BCUT2D eigenvalue weighted by Gasteiger charge is 2.30. The number of carbonyl (C=O) groups excluding carboxylic acids is 1. The molecule has 0 N–H and O–H groups in total. The fourth-order valence-corrected chi connectivity index (χ4v) is 3.14. The summed E-state index contributed by atoms with van der Waals surface area (Å²) in [5.41, 5.74) is 1.18. The molecule has 0 saturated carbocycles. The molecule has 0 radical (unpaired) electrons. The van der Waals surface area contributed by atoms with Gasteiger partial charge in [-0.05, 0) is 50.9 Å². The lowest BCUT2D eigenvalue weighted by Gasteiger charge is -2.21. The van der Waals surface area contributed by atoms with E-state index in [1.54, 1.807) is 19.1 Å². The van der Waals surface area contributed by atoms with Crippen molar-refractivity contribution in [3.8, 4) is 11.4 Å². The molecule has 2 heterocycles. The molecule has 1 saturated heterocycles. The number of benzene rings is 1. The number of esters is 1. The van der Waals surface area contributed by atoms with E-state index in [0.29, 0.717) is 29.3 Å². The SMILES string of the molecule is COC(=O)C1CCCN1CCCc1nc(-c2ccc(C)c(F)c2)no1. The van der Waals surface area contributed by atoms with Crippen molar-refractivity contribution in [3.63, 3.8) is 0 Å². The van der Waals surface area contributed by atoms with Crippen LogP contribution in [0.4, 0.5) is 4.39 Å². The van der Waals surface area contributed by atoms with Gasteiger partial charge in [0.15, 0.2) is 0 Å². The van der Waals surface area contributed by atoms with Gasteiger partial charge in [-0.2, -0.15) is 4.98 Å². The van der Waals surface area contributed by atoms with Crippen molar-refractivity contribution < 1.29 is 18.4 Å². The maximum atomic E-state index is 13.6. The van der Waals surface area contributed by atoms with Crippen LogP contribution in [-0.4, -0.2) is 47.3 Å². The van der Waals surface area contributed by atoms with E-state index in [9.17, 15) is 9.18 Å². The maximum Gasteiger partial charge on any atom is 0.323 e. The number of halogens is 1. The minimum atomic E-state index is -0.285. The summed E-state index contributed by atoms with van der Waals surface area (Å²) in [6.45, 7) is 3.38. The molecule has 134 valence electrons. The number of nitrogens with zero attached hydrogens (tertiary/aromatic N) is 3. The third-order valence-corrected chi connectivity index (χ3v) is 4.57. The molecule has 1 atom stereocenters. The molecule has 1 aromatic carbocycles. The molecule has 3 rings (SSSR count). The van der Waals surface area contributed by atoms with Crippen molar-refractivity contribution in [2.24, 2.45) is 0 Å². The number of likely N-dealkylation sites (tertiary alicyclic amines) is 1. The topological polar surface area (TPSA) is 68.5 Å². The monoisotopic (exact) mass is 347 g/mol. The van der Waals surface area contributed by atoms with Crippen molar-refractivity contribution in [1.29, 1.82) is 0 Å². The molecule has 1 aromatic heterocycles. The van der Waals surface area contributed by atoms with Gasteiger partial charge in [-0.15, -0.1) is 0 Å². The number of rotatable bonds is 6. The predicted molar refractivity (Wildman–Crippen MR) is 89.4 cm³/mol. The standard InChI is InChI=1S/C18H22FN3O3/c1-12-7-8-13(11-14(12)19)17-20-16(25-21-17)6-4-10-22-9-3-5-15(22)18(23)24-2/h7-8,11,15H,3-6,9-10H2,1-2H3. The second-order valence-electron chi connectivity index (χ2n) is 6.30. The zero-order valence-electron chi connectivity index (χ0n) is 14.5. The van der Waals surface area contributed by atoms with E-state index in [2.05, 4.69) is 15.0 Å². The molecule has 1 aliphatic heterocycles. The Bertz CT molecular complexity index is 747. The molecule has 6 nitrogen and oxygen atoms in total. The zero-order chi connectivity index (χ0) is 17.8. The third kappa shape index (κ3) is 4.04. The summed E-state index contributed by atoms with van der Waals surface area (Å²) in [5, 5.41) is 3.92. The van der Waals surface area contributed by atoms with E-state index in [1.807, 2.05) is 0 Å². The number of aryl methyl sites for hydroxylation is 2. The Hall–Kier alpha value is -2.28. The molecule has 2 aromatic rings. The summed E-state index contributed by atoms with van der Waals surface area (Å²) in [6.07, 6.45) is 3.27. The number of methoxy groups -OCH3 is 1. The number of hydrogen-bond acceptors (Lipinski definition) is 6. The van der Waals surface area contributed by atoms with Crippen LogP contribution in [0.3, 0.4) is 0 Å². The van der Waals surface area contributed by atoms with Gasteiger partial charge in [0.1, 0.15) is 11.9 Å². The first-order valence-corrected chi connectivity index (χ1v) is 8.49. The van der Waals surface area contributed by atoms with Gasteiger partial charge < -0.3 is 9.26 Å². The first-order valence-electron chi connectivity index (χ1n) is 8.49. The van der Waals surface area contributed by atoms with Gasteiger partial charge in [0.25, 0.3) is 0 Å². The van der Waals surface area contributed by atoms with Crippen LogP contribution in [0.15, 0.2) is 22.7 Å². The summed E-state index contributed by atoms with van der Waals surface area (Å²) in [4.78, 5) is 18.2. The molecule has 0 aliphatic carbocycles. The Morgan fingerprint density at radius 2 is 2.32 bits per heavy atom. The highest BCUT2D eigenvalue weighted by molar-refractivity contribution is 5.75. The average Bonchev–Trinajstić information content (AvgIpc) is 3.26. The summed E-state index contributed by atoms with van der Waals surface area (Å²) in [6, 6.07) is 4.74. The molecular formula is C18H22FN3O3. The van der Waals surface area contributed by atoms with E-state index in [0.717, 1.165) is 32.4 Å². The maximum absolute atomic E-state index is 13.6. The van der Waals surface area contributed by atoms with Gasteiger partial charge in [0, 0.05) is 12.0 Å². The van der Waals surface area contributed by atoms with E-state index in [4.69, 9.17) is 9.26 Å². The minimum absolute atomic E-state index is 0.140. The fourth-order valence-electron chi connectivity index (χ4n) is 3.14. The van der Waals surface area contributed by atoms with Crippen LogP contribution in [0, 0.1) is 12.7 Å². The minimum Gasteiger partial charge on any atom is -0.468 e. The quantitative estimate of drug-likeness (QED) is 0.749. The van der Waals surface area contributed by atoms with E-state index >= 15 is 0 Å². The molecule has 7 heteroatoms. The molecule has 1 unspecified atom stereocenters. The smallest absolute Gasteiger partial charge is 0.323 e.